The first-order valence-electron chi connectivity index (χ1n) is 5.48. The molecule has 1 aromatic carbocycles. The number of aryl methyl sites for hydroxylation is 2. The third-order valence-electron chi connectivity index (χ3n) is 2.43. The molecule has 0 aromatic heterocycles. The highest BCUT2D eigenvalue weighted by atomic mass is 79.9. The molecule has 1 aromatic rings. The molecule has 0 unspecified atom stereocenters. The lowest BCUT2D eigenvalue weighted by molar-refractivity contribution is 0.600. The van der Waals surface area contributed by atoms with Crippen molar-refractivity contribution in [1.82, 2.24) is 0 Å². The van der Waals surface area contributed by atoms with Crippen molar-refractivity contribution in [2.75, 3.05) is 23.9 Å². The van der Waals surface area contributed by atoms with Crippen LogP contribution in [0.1, 0.15) is 17.5 Å². The summed E-state index contributed by atoms with van der Waals surface area (Å²) in [4.78, 5) is 0. The standard InChI is InChI=1S/C12H18BrNO2S/c1-9-7-10(2)12(11(13)8-9)14-5-4-6-17(3,15)16/h7-8,14H,4-6H2,1-3H3. The summed E-state index contributed by atoms with van der Waals surface area (Å²) in [7, 11) is -2.86. The molecule has 1 rings (SSSR count). The molecule has 0 saturated heterocycles. The zero-order chi connectivity index (χ0) is 13.1. The van der Waals surface area contributed by atoms with Crippen LogP contribution >= 0.6 is 15.9 Å². The van der Waals surface area contributed by atoms with Gasteiger partial charge in [-0.1, -0.05) is 6.07 Å². The quantitative estimate of drug-likeness (QED) is 0.849. The van der Waals surface area contributed by atoms with Gasteiger partial charge in [0.2, 0.25) is 0 Å². The monoisotopic (exact) mass is 319 g/mol. The van der Waals surface area contributed by atoms with Crippen molar-refractivity contribution < 1.29 is 8.42 Å². The normalized spacial score (nSPS) is 11.5. The van der Waals surface area contributed by atoms with E-state index in [1.165, 1.54) is 11.8 Å². The Kier molecular flexibility index (Phi) is 5.01. The van der Waals surface area contributed by atoms with E-state index in [-0.39, 0.29) is 5.75 Å². The molecular weight excluding hydrogens is 302 g/mol. The van der Waals surface area contributed by atoms with Crippen LogP contribution < -0.4 is 5.32 Å². The third-order valence-corrected chi connectivity index (χ3v) is 4.08. The van der Waals surface area contributed by atoms with Crippen LogP contribution in [0.2, 0.25) is 0 Å². The summed E-state index contributed by atoms with van der Waals surface area (Å²) in [5.74, 6) is 0.225. The minimum Gasteiger partial charge on any atom is -0.384 e. The molecule has 0 amide bonds. The second-order valence-corrected chi connectivity index (χ2v) is 7.46. The molecule has 3 nitrogen and oxygen atoms in total. The molecule has 0 fully saturated rings. The third kappa shape index (κ3) is 5.08. The first kappa shape index (κ1) is 14.5. The minimum absolute atomic E-state index is 0.225. The molecule has 0 aliphatic rings. The predicted octanol–water partition coefficient (Wildman–Crippen LogP) is 2.91. The van der Waals surface area contributed by atoms with Crippen LogP contribution in [-0.2, 0) is 9.84 Å². The van der Waals surface area contributed by atoms with Crippen LogP contribution in [-0.4, -0.2) is 27.0 Å². The first-order valence-corrected chi connectivity index (χ1v) is 8.33. The van der Waals surface area contributed by atoms with Crippen molar-refractivity contribution in [3.05, 3.63) is 27.7 Å². The largest absolute Gasteiger partial charge is 0.384 e. The maximum Gasteiger partial charge on any atom is 0.147 e. The molecule has 0 bridgehead atoms. The van der Waals surface area contributed by atoms with Gasteiger partial charge in [-0.2, -0.15) is 0 Å². The molecule has 0 aliphatic heterocycles. The van der Waals surface area contributed by atoms with Crippen LogP contribution in [0.4, 0.5) is 5.69 Å². The van der Waals surface area contributed by atoms with Crippen molar-refractivity contribution in [3.63, 3.8) is 0 Å². The van der Waals surface area contributed by atoms with Gasteiger partial charge >= 0.3 is 0 Å². The van der Waals surface area contributed by atoms with Crippen LogP contribution in [0.3, 0.4) is 0 Å². The topological polar surface area (TPSA) is 46.2 Å². The molecule has 17 heavy (non-hydrogen) atoms. The molecule has 0 heterocycles. The predicted molar refractivity (Wildman–Crippen MR) is 76.4 cm³/mol. The molecule has 0 aliphatic carbocycles. The molecule has 0 spiro atoms. The second-order valence-electron chi connectivity index (χ2n) is 4.35. The highest BCUT2D eigenvalue weighted by Gasteiger charge is 2.05. The number of halogens is 1. The van der Waals surface area contributed by atoms with E-state index in [4.69, 9.17) is 0 Å². The Labute approximate surface area is 112 Å². The Balaban J connectivity index is 2.58. The zero-order valence-corrected chi connectivity index (χ0v) is 12.8. The minimum atomic E-state index is -2.86. The fourth-order valence-electron chi connectivity index (χ4n) is 1.69. The summed E-state index contributed by atoms with van der Waals surface area (Å²) in [5.41, 5.74) is 3.41. The average Bonchev–Trinajstić information content (AvgIpc) is 2.13. The van der Waals surface area contributed by atoms with Crippen LogP contribution in [0.25, 0.3) is 0 Å². The average molecular weight is 320 g/mol. The van der Waals surface area contributed by atoms with E-state index in [2.05, 4.69) is 27.3 Å². The lowest BCUT2D eigenvalue weighted by Gasteiger charge is -2.12. The Bertz CT molecular complexity index is 474. The highest BCUT2D eigenvalue weighted by molar-refractivity contribution is 9.10. The lowest BCUT2D eigenvalue weighted by Crippen LogP contribution is -2.10. The van der Waals surface area contributed by atoms with Crippen LogP contribution in [0.5, 0.6) is 0 Å². The van der Waals surface area contributed by atoms with Crippen molar-refractivity contribution in [1.29, 1.82) is 0 Å². The summed E-state index contributed by atoms with van der Waals surface area (Å²) in [6.45, 7) is 4.75. The number of anilines is 1. The number of hydrogen-bond donors (Lipinski definition) is 1. The van der Waals surface area contributed by atoms with Gasteiger partial charge < -0.3 is 5.32 Å². The van der Waals surface area contributed by atoms with Crippen molar-refractivity contribution in [2.45, 2.75) is 20.3 Å². The van der Waals surface area contributed by atoms with E-state index in [0.717, 1.165) is 15.7 Å². The maximum absolute atomic E-state index is 11.0. The van der Waals surface area contributed by atoms with Gasteiger partial charge in [0, 0.05) is 17.3 Å². The zero-order valence-electron chi connectivity index (χ0n) is 10.4. The smallest absolute Gasteiger partial charge is 0.147 e. The van der Waals surface area contributed by atoms with E-state index in [9.17, 15) is 8.42 Å². The summed E-state index contributed by atoms with van der Waals surface area (Å²) >= 11 is 3.51. The summed E-state index contributed by atoms with van der Waals surface area (Å²) < 4.78 is 23.0. The number of rotatable bonds is 5. The lowest BCUT2D eigenvalue weighted by atomic mass is 10.1. The molecule has 0 atom stereocenters. The molecular formula is C12H18BrNO2S. The summed E-state index contributed by atoms with van der Waals surface area (Å²) in [6, 6.07) is 4.15. The Morgan fingerprint density at radius 2 is 1.94 bits per heavy atom. The highest BCUT2D eigenvalue weighted by Crippen LogP contribution is 2.27. The van der Waals surface area contributed by atoms with E-state index < -0.39 is 9.84 Å². The van der Waals surface area contributed by atoms with Gasteiger partial charge in [0.05, 0.1) is 11.4 Å². The van der Waals surface area contributed by atoms with E-state index in [0.29, 0.717) is 13.0 Å². The van der Waals surface area contributed by atoms with E-state index >= 15 is 0 Å². The number of sulfone groups is 1. The number of hydrogen-bond acceptors (Lipinski definition) is 3. The second kappa shape index (κ2) is 5.87. The molecule has 0 saturated carbocycles. The first-order chi connectivity index (χ1) is 7.79. The SMILES string of the molecule is Cc1cc(C)c(NCCCS(C)(=O)=O)c(Br)c1. The summed E-state index contributed by atoms with van der Waals surface area (Å²) in [5, 5.41) is 3.27. The van der Waals surface area contributed by atoms with Gasteiger partial charge in [0.1, 0.15) is 9.84 Å². The van der Waals surface area contributed by atoms with Crippen LogP contribution in [0, 0.1) is 13.8 Å². The van der Waals surface area contributed by atoms with Gasteiger partial charge in [0.15, 0.2) is 0 Å². The Morgan fingerprint density at radius 1 is 1.29 bits per heavy atom. The van der Waals surface area contributed by atoms with Crippen molar-refractivity contribution in [3.8, 4) is 0 Å². The van der Waals surface area contributed by atoms with E-state index in [1.54, 1.807) is 0 Å². The summed E-state index contributed by atoms with van der Waals surface area (Å²) in [6.07, 6.45) is 1.89. The molecule has 96 valence electrons. The maximum atomic E-state index is 11.0. The fourth-order valence-corrected chi connectivity index (χ4v) is 3.17. The number of nitrogens with one attached hydrogen (secondary N) is 1. The number of benzene rings is 1. The van der Waals surface area contributed by atoms with E-state index in [1.807, 2.05) is 19.9 Å². The van der Waals surface area contributed by atoms with Gasteiger partial charge in [-0.05, 0) is 53.4 Å². The fraction of sp³-hybridized carbons (Fsp3) is 0.500. The molecule has 1 N–H and O–H groups in total. The van der Waals surface area contributed by atoms with Crippen LogP contribution in [0.15, 0.2) is 16.6 Å². The van der Waals surface area contributed by atoms with Gasteiger partial charge in [-0.3, -0.25) is 0 Å². The Morgan fingerprint density at radius 3 is 2.47 bits per heavy atom. The van der Waals surface area contributed by atoms with Gasteiger partial charge in [0.25, 0.3) is 0 Å². The Hall–Kier alpha value is -0.550. The van der Waals surface area contributed by atoms with Gasteiger partial charge in [-0.15, -0.1) is 0 Å². The molecule has 0 radical (unpaired) electrons. The van der Waals surface area contributed by atoms with Gasteiger partial charge in [-0.25, -0.2) is 8.42 Å². The molecule has 5 heteroatoms. The van der Waals surface area contributed by atoms with Crippen molar-refractivity contribution >= 4 is 31.5 Å². The van der Waals surface area contributed by atoms with Crippen molar-refractivity contribution in [2.24, 2.45) is 0 Å².